The highest BCUT2D eigenvalue weighted by Gasteiger charge is 2.25. The lowest BCUT2D eigenvalue weighted by molar-refractivity contribution is -0.151. The van der Waals surface area contributed by atoms with E-state index in [-0.39, 0.29) is 18.0 Å². The van der Waals surface area contributed by atoms with E-state index in [0.29, 0.717) is 31.1 Å². The second-order valence-electron chi connectivity index (χ2n) is 11.6. The van der Waals surface area contributed by atoms with Crippen molar-refractivity contribution in [2.75, 3.05) is 27.2 Å². The van der Waals surface area contributed by atoms with Gasteiger partial charge in [0.1, 0.15) is 18.2 Å². The third-order valence-electron chi connectivity index (χ3n) is 6.98. The Morgan fingerprint density at radius 3 is 2.60 bits per heavy atom. The number of allylic oxidation sites excluding steroid dienone is 3. The summed E-state index contributed by atoms with van der Waals surface area (Å²) in [5.74, 6) is 0.907. The summed E-state index contributed by atoms with van der Waals surface area (Å²) in [6.45, 7) is 12.2. The van der Waals surface area contributed by atoms with E-state index < -0.39 is 6.04 Å². The molecule has 2 atom stereocenters. The first-order valence-electron chi connectivity index (χ1n) is 14.2. The number of rotatable bonds is 13. The van der Waals surface area contributed by atoms with Crippen LogP contribution in [-0.4, -0.2) is 77.3 Å². The molecule has 1 aromatic carbocycles. The van der Waals surface area contributed by atoms with Gasteiger partial charge in [-0.25, -0.2) is 4.98 Å². The van der Waals surface area contributed by atoms with Crippen molar-refractivity contribution in [2.24, 2.45) is 11.8 Å². The number of hydrogen-bond acceptors (Lipinski definition) is 7. The summed E-state index contributed by atoms with van der Waals surface area (Å²) in [5, 5.41) is 3.37. The van der Waals surface area contributed by atoms with Crippen LogP contribution in [0.3, 0.4) is 0 Å². The molecule has 1 aliphatic heterocycles. The molecule has 40 heavy (non-hydrogen) atoms. The maximum atomic E-state index is 12.6. The lowest BCUT2D eigenvalue weighted by Gasteiger charge is -2.30. The highest BCUT2D eigenvalue weighted by Crippen LogP contribution is 2.28. The summed E-state index contributed by atoms with van der Waals surface area (Å²) in [4.78, 5) is 44.5. The average molecular weight is 552 g/mol. The molecule has 1 N–H and O–H groups in total. The Hall–Kier alpha value is -3.46. The van der Waals surface area contributed by atoms with Crippen molar-refractivity contribution in [1.82, 2.24) is 24.7 Å². The topological polar surface area (TPSA) is 96.8 Å². The van der Waals surface area contributed by atoms with E-state index in [1.807, 2.05) is 63.9 Å². The SMILES string of the molecule is C/C(C=O)=C/C(=C\N(C)C)c1nc2cc(CNC(C(=O)OC(C)C)C(C)C)ccc2n1C[C@@H]1CCCN(C=O)C1. The van der Waals surface area contributed by atoms with Gasteiger partial charge in [0.2, 0.25) is 6.41 Å². The Morgan fingerprint density at radius 2 is 1.98 bits per heavy atom. The molecular weight excluding hydrogens is 506 g/mol. The molecule has 1 aromatic heterocycles. The van der Waals surface area contributed by atoms with Gasteiger partial charge in [-0.15, -0.1) is 0 Å². The van der Waals surface area contributed by atoms with Crippen LogP contribution in [0.2, 0.25) is 0 Å². The second-order valence-corrected chi connectivity index (χ2v) is 11.6. The van der Waals surface area contributed by atoms with E-state index in [9.17, 15) is 14.4 Å². The summed E-state index contributed by atoms with van der Waals surface area (Å²) in [5.41, 5.74) is 4.28. The van der Waals surface area contributed by atoms with E-state index in [4.69, 9.17) is 9.72 Å². The second kappa shape index (κ2) is 14.3. The minimum atomic E-state index is -0.413. The third kappa shape index (κ3) is 8.27. The van der Waals surface area contributed by atoms with Crippen LogP contribution in [0.25, 0.3) is 16.6 Å². The van der Waals surface area contributed by atoms with Gasteiger partial charge in [-0.3, -0.25) is 14.4 Å². The molecule has 1 amide bonds. The highest BCUT2D eigenvalue weighted by molar-refractivity contribution is 5.86. The number of nitrogens with zero attached hydrogens (tertiary/aromatic N) is 4. The fourth-order valence-electron chi connectivity index (χ4n) is 5.13. The molecule has 9 nitrogen and oxygen atoms in total. The van der Waals surface area contributed by atoms with Crippen molar-refractivity contribution in [3.8, 4) is 0 Å². The third-order valence-corrected chi connectivity index (χ3v) is 6.98. The summed E-state index contributed by atoms with van der Waals surface area (Å²) < 4.78 is 7.67. The van der Waals surface area contributed by atoms with Gasteiger partial charge >= 0.3 is 5.97 Å². The van der Waals surface area contributed by atoms with Gasteiger partial charge in [0.15, 0.2) is 0 Å². The van der Waals surface area contributed by atoms with E-state index in [0.717, 1.165) is 60.1 Å². The van der Waals surface area contributed by atoms with Gasteiger partial charge in [0, 0.05) is 52.0 Å². The average Bonchev–Trinajstić information content (AvgIpc) is 3.24. The van der Waals surface area contributed by atoms with Crippen molar-refractivity contribution < 1.29 is 19.1 Å². The summed E-state index contributed by atoms with van der Waals surface area (Å²) in [7, 11) is 3.89. The Balaban J connectivity index is 2.01. The number of likely N-dealkylation sites (tertiary alicyclic amines) is 1. The van der Waals surface area contributed by atoms with Crippen LogP contribution in [0.5, 0.6) is 0 Å². The first kappa shape index (κ1) is 31.1. The molecule has 1 unspecified atom stereocenters. The number of benzene rings is 1. The smallest absolute Gasteiger partial charge is 0.323 e. The van der Waals surface area contributed by atoms with Crippen LogP contribution < -0.4 is 5.32 Å². The van der Waals surface area contributed by atoms with Gasteiger partial charge < -0.3 is 24.4 Å². The Morgan fingerprint density at radius 1 is 1.23 bits per heavy atom. The van der Waals surface area contributed by atoms with Gasteiger partial charge in [-0.2, -0.15) is 0 Å². The van der Waals surface area contributed by atoms with E-state index in [2.05, 4.69) is 28.1 Å². The van der Waals surface area contributed by atoms with Crippen LogP contribution in [-0.2, 0) is 32.2 Å². The Labute approximate surface area is 238 Å². The van der Waals surface area contributed by atoms with Crippen molar-refractivity contribution >= 4 is 35.3 Å². The van der Waals surface area contributed by atoms with Crippen molar-refractivity contribution in [3.63, 3.8) is 0 Å². The van der Waals surface area contributed by atoms with Crippen LogP contribution in [0.1, 0.15) is 58.8 Å². The first-order chi connectivity index (χ1) is 19.0. The molecule has 2 aromatic rings. The Kier molecular flexibility index (Phi) is 11.1. The number of fused-ring (bicyclic) bond motifs is 1. The van der Waals surface area contributed by atoms with Gasteiger partial charge in [-0.05, 0) is 74.8 Å². The number of carbonyl (C=O) groups is 3. The van der Waals surface area contributed by atoms with Crippen LogP contribution >= 0.6 is 0 Å². The zero-order chi connectivity index (χ0) is 29.4. The van der Waals surface area contributed by atoms with E-state index >= 15 is 0 Å². The fraction of sp³-hybridized carbons (Fsp3) is 0.548. The molecule has 0 saturated carbocycles. The number of hydrogen-bond donors (Lipinski definition) is 1. The number of carbonyl (C=O) groups excluding carboxylic acids is 3. The molecule has 3 rings (SSSR count). The standard InChI is InChI=1S/C31H45N5O4/c1-21(2)29(31(39)40-22(3)4)32-15-24-10-11-28-27(14-24)33-30(26(18-34(6)7)13-23(5)19-37)36(28)17-25-9-8-12-35(16-25)20-38/h10-11,13-14,18-22,25,29,32H,8-9,12,15-17H2,1-7H3/b23-13-,26-18+/t25-,29?/m1/s1. The molecule has 218 valence electrons. The normalized spacial score (nSPS) is 17.4. The number of ether oxygens (including phenoxy) is 1. The zero-order valence-corrected chi connectivity index (χ0v) is 25.0. The number of esters is 1. The lowest BCUT2D eigenvalue weighted by Crippen LogP contribution is -2.42. The number of aromatic nitrogens is 2. The number of imidazole rings is 1. The maximum absolute atomic E-state index is 12.6. The molecule has 0 spiro atoms. The minimum absolute atomic E-state index is 0.0776. The largest absolute Gasteiger partial charge is 0.462 e. The molecule has 0 bridgehead atoms. The quantitative estimate of drug-likeness (QED) is 0.174. The molecule has 1 saturated heterocycles. The predicted molar refractivity (Wildman–Crippen MR) is 158 cm³/mol. The van der Waals surface area contributed by atoms with Gasteiger partial charge in [0.05, 0.1) is 17.1 Å². The molecule has 0 aliphatic carbocycles. The van der Waals surface area contributed by atoms with Gasteiger partial charge in [-0.1, -0.05) is 19.9 Å². The Bertz CT molecular complexity index is 1240. The highest BCUT2D eigenvalue weighted by atomic mass is 16.5. The monoisotopic (exact) mass is 551 g/mol. The fourth-order valence-corrected chi connectivity index (χ4v) is 5.13. The molecule has 1 fully saturated rings. The summed E-state index contributed by atoms with van der Waals surface area (Å²) in [6, 6.07) is 5.77. The predicted octanol–water partition coefficient (Wildman–Crippen LogP) is 4.02. The van der Waals surface area contributed by atoms with Crippen molar-refractivity contribution in [2.45, 2.75) is 72.7 Å². The number of nitrogens with one attached hydrogen (secondary N) is 1. The number of aldehydes is 1. The van der Waals surface area contributed by atoms with Crippen molar-refractivity contribution in [3.05, 3.63) is 47.4 Å². The van der Waals surface area contributed by atoms with Crippen LogP contribution in [0.15, 0.2) is 36.0 Å². The maximum Gasteiger partial charge on any atom is 0.323 e. The number of amides is 1. The summed E-state index contributed by atoms with van der Waals surface area (Å²) in [6.07, 6.45) is 7.45. The van der Waals surface area contributed by atoms with Crippen LogP contribution in [0.4, 0.5) is 0 Å². The molecule has 2 heterocycles. The van der Waals surface area contributed by atoms with Gasteiger partial charge in [0.25, 0.3) is 0 Å². The van der Waals surface area contributed by atoms with E-state index in [1.165, 1.54) is 0 Å². The van der Waals surface area contributed by atoms with E-state index in [1.54, 1.807) is 6.92 Å². The first-order valence-corrected chi connectivity index (χ1v) is 14.2. The van der Waals surface area contributed by atoms with Crippen molar-refractivity contribution in [1.29, 1.82) is 0 Å². The van der Waals surface area contributed by atoms with Crippen LogP contribution in [0, 0.1) is 11.8 Å². The lowest BCUT2D eigenvalue weighted by atomic mass is 9.98. The molecular formula is C31H45N5O4. The number of piperidine rings is 1. The molecule has 0 radical (unpaired) electrons. The molecule has 1 aliphatic rings. The molecule has 9 heteroatoms. The zero-order valence-electron chi connectivity index (χ0n) is 25.0. The summed E-state index contributed by atoms with van der Waals surface area (Å²) >= 11 is 0. The minimum Gasteiger partial charge on any atom is -0.462 e.